The number of hydrogen-bond donors (Lipinski definition) is 2. The maximum atomic E-state index is 11.7. The van der Waals surface area contributed by atoms with Gasteiger partial charge in [-0.3, -0.25) is 40.5 Å². The SMILES string of the molecule is O=C(O)c1c([N+](=O)[O-])cc([N+](=O)[O-])c(-c2ccc([N+](=O)[O-])cc2[N+](=O)[O-])c1C(=O)O. The number of non-ortho nitro benzene ring substituents is 1. The number of nitrogens with zero attached hydrogens (tertiary/aromatic N) is 4. The molecule has 0 amide bonds. The highest BCUT2D eigenvalue weighted by molar-refractivity contribution is 6.11. The van der Waals surface area contributed by atoms with Gasteiger partial charge in [-0.15, -0.1) is 0 Å². The number of nitro groups is 4. The minimum absolute atomic E-state index is 0.149. The Morgan fingerprint density at radius 3 is 1.57 bits per heavy atom. The standard InChI is InChI=1S/C14H6N4O12/c19-13(20)11-9(18(29)30)4-8(17(27)28)10(12(11)14(21)22)6-2-1-5(15(23)24)3-7(6)16(25)26/h1-4H,(H,19,20)(H,21,22). The van der Waals surface area contributed by atoms with Crippen LogP contribution < -0.4 is 0 Å². The predicted octanol–water partition coefficient (Wildman–Crippen LogP) is 2.38. The van der Waals surface area contributed by atoms with E-state index in [0.29, 0.717) is 18.2 Å². The fraction of sp³-hybridized carbons (Fsp3) is 0. The lowest BCUT2D eigenvalue weighted by Gasteiger charge is -2.11. The number of carboxylic acids is 2. The molecule has 0 radical (unpaired) electrons. The molecule has 2 rings (SSSR count). The van der Waals surface area contributed by atoms with Gasteiger partial charge in [0, 0.05) is 6.07 Å². The first-order valence-electron chi connectivity index (χ1n) is 7.28. The number of carbonyl (C=O) groups is 2. The Bertz CT molecular complexity index is 1170. The van der Waals surface area contributed by atoms with Crippen LogP contribution in [-0.4, -0.2) is 41.8 Å². The summed E-state index contributed by atoms with van der Waals surface area (Å²) in [6, 6.07) is 1.81. The van der Waals surface area contributed by atoms with E-state index in [0.717, 1.165) is 0 Å². The summed E-state index contributed by atoms with van der Waals surface area (Å²) in [6.45, 7) is 0. The molecular formula is C14H6N4O12. The van der Waals surface area contributed by atoms with E-state index >= 15 is 0 Å². The summed E-state index contributed by atoms with van der Waals surface area (Å²) in [7, 11) is 0. The van der Waals surface area contributed by atoms with Crippen molar-refractivity contribution in [1.29, 1.82) is 0 Å². The lowest BCUT2D eigenvalue weighted by atomic mass is 9.91. The maximum absolute atomic E-state index is 11.7. The molecule has 0 aliphatic carbocycles. The maximum Gasteiger partial charge on any atom is 0.343 e. The van der Waals surface area contributed by atoms with Gasteiger partial charge in [0.15, 0.2) is 5.56 Å². The van der Waals surface area contributed by atoms with Gasteiger partial charge in [0.25, 0.3) is 22.7 Å². The third kappa shape index (κ3) is 3.54. The summed E-state index contributed by atoms with van der Waals surface area (Å²) in [4.78, 5) is 63.2. The van der Waals surface area contributed by atoms with Crippen LogP contribution in [0.25, 0.3) is 11.1 Å². The summed E-state index contributed by atoms with van der Waals surface area (Å²) in [6.07, 6.45) is 0. The Morgan fingerprint density at radius 2 is 1.17 bits per heavy atom. The second-order valence-electron chi connectivity index (χ2n) is 5.38. The molecule has 0 atom stereocenters. The van der Waals surface area contributed by atoms with Crippen molar-refractivity contribution >= 4 is 34.7 Å². The van der Waals surface area contributed by atoms with Crippen LogP contribution in [0.4, 0.5) is 22.7 Å². The van der Waals surface area contributed by atoms with E-state index in [-0.39, 0.29) is 6.07 Å². The van der Waals surface area contributed by atoms with Gasteiger partial charge in [-0.1, -0.05) is 0 Å². The quantitative estimate of drug-likeness (QED) is 0.482. The van der Waals surface area contributed by atoms with E-state index in [9.17, 15) is 60.3 Å². The van der Waals surface area contributed by atoms with Gasteiger partial charge in [0.2, 0.25) is 0 Å². The monoisotopic (exact) mass is 422 g/mol. The zero-order chi connectivity index (χ0) is 22.9. The van der Waals surface area contributed by atoms with Crippen LogP contribution in [0.3, 0.4) is 0 Å². The van der Waals surface area contributed by atoms with E-state index in [1.807, 2.05) is 0 Å². The van der Waals surface area contributed by atoms with Crippen LogP contribution in [0, 0.1) is 40.5 Å². The van der Waals surface area contributed by atoms with Crippen molar-refractivity contribution < 1.29 is 39.5 Å². The summed E-state index contributed by atoms with van der Waals surface area (Å²) < 4.78 is 0. The number of nitro benzene ring substituents is 4. The van der Waals surface area contributed by atoms with Crippen molar-refractivity contribution in [3.63, 3.8) is 0 Å². The van der Waals surface area contributed by atoms with E-state index in [4.69, 9.17) is 0 Å². The Morgan fingerprint density at radius 1 is 0.667 bits per heavy atom. The molecule has 2 aromatic rings. The van der Waals surface area contributed by atoms with Gasteiger partial charge >= 0.3 is 11.9 Å². The van der Waals surface area contributed by atoms with Crippen molar-refractivity contribution in [1.82, 2.24) is 0 Å². The topological polar surface area (TPSA) is 247 Å². The smallest absolute Gasteiger partial charge is 0.343 e. The minimum atomic E-state index is -2.16. The molecule has 0 aliphatic heterocycles. The molecule has 0 unspecified atom stereocenters. The van der Waals surface area contributed by atoms with Crippen molar-refractivity contribution in [2.45, 2.75) is 0 Å². The molecule has 16 nitrogen and oxygen atoms in total. The van der Waals surface area contributed by atoms with Gasteiger partial charge in [0.05, 0.1) is 48.5 Å². The lowest BCUT2D eigenvalue weighted by molar-refractivity contribution is -0.395. The zero-order valence-electron chi connectivity index (χ0n) is 14.1. The van der Waals surface area contributed by atoms with Crippen molar-refractivity contribution in [3.05, 3.63) is 75.8 Å². The van der Waals surface area contributed by atoms with Gasteiger partial charge in [-0.25, -0.2) is 9.59 Å². The first-order valence-corrected chi connectivity index (χ1v) is 7.28. The van der Waals surface area contributed by atoms with Crippen LogP contribution in [0.1, 0.15) is 20.7 Å². The molecule has 0 saturated carbocycles. The number of rotatable bonds is 7. The molecule has 16 heteroatoms. The predicted molar refractivity (Wildman–Crippen MR) is 92.4 cm³/mol. The van der Waals surface area contributed by atoms with E-state index in [1.54, 1.807) is 0 Å². The molecule has 0 spiro atoms. The third-order valence-corrected chi connectivity index (χ3v) is 3.77. The molecule has 0 fully saturated rings. The molecular weight excluding hydrogens is 416 g/mol. The Hall–Kier alpha value is -5.02. The lowest BCUT2D eigenvalue weighted by Crippen LogP contribution is -2.15. The highest BCUT2D eigenvalue weighted by Crippen LogP contribution is 2.44. The van der Waals surface area contributed by atoms with Gasteiger partial charge in [-0.2, -0.15) is 0 Å². The molecule has 154 valence electrons. The zero-order valence-corrected chi connectivity index (χ0v) is 14.1. The van der Waals surface area contributed by atoms with Crippen LogP contribution in [0.2, 0.25) is 0 Å². The number of benzene rings is 2. The van der Waals surface area contributed by atoms with Gasteiger partial charge in [0.1, 0.15) is 0 Å². The van der Waals surface area contributed by atoms with Crippen LogP contribution in [0.15, 0.2) is 24.3 Å². The Balaban J connectivity index is 3.19. The highest BCUT2D eigenvalue weighted by atomic mass is 16.6. The Kier molecular flexibility index (Phi) is 5.35. The molecule has 2 N–H and O–H groups in total. The van der Waals surface area contributed by atoms with E-state index < -0.39 is 76.6 Å². The minimum Gasteiger partial charge on any atom is -0.478 e. The molecule has 30 heavy (non-hydrogen) atoms. The second-order valence-corrected chi connectivity index (χ2v) is 5.38. The average Bonchev–Trinajstić information content (AvgIpc) is 2.65. The Labute approximate surface area is 162 Å². The molecule has 0 saturated heterocycles. The van der Waals surface area contributed by atoms with E-state index in [1.165, 1.54) is 0 Å². The normalized spacial score (nSPS) is 10.3. The third-order valence-electron chi connectivity index (χ3n) is 3.77. The number of carboxylic acid groups (broad SMARTS) is 2. The highest BCUT2D eigenvalue weighted by Gasteiger charge is 2.39. The van der Waals surface area contributed by atoms with Crippen molar-refractivity contribution in [2.75, 3.05) is 0 Å². The van der Waals surface area contributed by atoms with Crippen LogP contribution in [-0.2, 0) is 0 Å². The summed E-state index contributed by atoms with van der Waals surface area (Å²) in [5, 5.41) is 63.6. The summed E-state index contributed by atoms with van der Waals surface area (Å²) in [5.74, 6) is -4.30. The van der Waals surface area contributed by atoms with Crippen molar-refractivity contribution in [2.24, 2.45) is 0 Å². The molecule has 2 aromatic carbocycles. The summed E-state index contributed by atoms with van der Waals surface area (Å²) >= 11 is 0. The number of aromatic carboxylic acids is 2. The first-order chi connectivity index (χ1) is 13.9. The fourth-order valence-electron chi connectivity index (χ4n) is 2.64. The van der Waals surface area contributed by atoms with Crippen LogP contribution >= 0.6 is 0 Å². The second kappa shape index (κ2) is 7.54. The molecule has 0 aromatic heterocycles. The van der Waals surface area contributed by atoms with Crippen LogP contribution in [0.5, 0.6) is 0 Å². The largest absolute Gasteiger partial charge is 0.478 e. The fourth-order valence-corrected chi connectivity index (χ4v) is 2.64. The van der Waals surface area contributed by atoms with Gasteiger partial charge < -0.3 is 10.2 Å². The number of hydrogen-bond acceptors (Lipinski definition) is 10. The average molecular weight is 422 g/mol. The molecule has 0 bridgehead atoms. The van der Waals surface area contributed by atoms with Crippen molar-refractivity contribution in [3.8, 4) is 11.1 Å². The van der Waals surface area contributed by atoms with Gasteiger partial charge in [-0.05, 0) is 6.07 Å². The first kappa shape index (κ1) is 21.3. The summed E-state index contributed by atoms with van der Waals surface area (Å²) in [5.41, 5.74) is -9.61. The molecule has 0 heterocycles. The van der Waals surface area contributed by atoms with E-state index in [2.05, 4.69) is 0 Å². The molecule has 0 aliphatic rings.